The lowest BCUT2D eigenvalue weighted by molar-refractivity contribution is 0.508. The lowest BCUT2D eigenvalue weighted by atomic mass is 10.1. The molecule has 0 aliphatic carbocycles. The molecule has 1 aliphatic heterocycles. The molecule has 1 aromatic carbocycles. The van der Waals surface area contributed by atoms with Gasteiger partial charge in [-0.2, -0.15) is 0 Å². The van der Waals surface area contributed by atoms with Gasteiger partial charge in [-0.1, -0.05) is 0 Å². The molecule has 0 radical (unpaired) electrons. The quantitative estimate of drug-likeness (QED) is 0.553. The van der Waals surface area contributed by atoms with Crippen molar-refractivity contribution in [3.8, 4) is 0 Å². The molecule has 1 aromatic rings. The molecule has 0 unspecified atom stereocenters. The average Bonchev–Trinajstić information content (AvgIpc) is 2.31. The van der Waals surface area contributed by atoms with Gasteiger partial charge < -0.3 is 5.32 Å². The SMILES string of the molecule is N=C1NC(=N)c2cc(F)c(F)cc21. The van der Waals surface area contributed by atoms with Gasteiger partial charge in [-0.05, 0) is 12.1 Å². The lowest BCUT2D eigenvalue weighted by Gasteiger charge is -1.97. The largest absolute Gasteiger partial charge is 0.325 e. The Balaban J connectivity index is 2.72. The zero-order valence-electron chi connectivity index (χ0n) is 6.41. The van der Waals surface area contributed by atoms with Crippen molar-refractivity contribution in [1.82, 2.24) is 5.32 Å². The zero-order valence-corrected chi connectivity index (χ0v) is 6.41. The van der Waals surface area contributed by atoms with Crippen LogP contribution in [0.15, 0.2) is 12.1 Å². The van der Waals surface area contributed by atoms with E-state index in [1.165, 1.54) is 0 Å². The van der Waals surface area contributed by atoms with Crippen LogP contribution in [0.1, 0.15) is 11.1 Å². The van der Waals surface area contributed by atoms with E-state index in [0.717, 1.165) is 12.1 Å². The first kappa shape index (κ1) is 7.85. The molecule has 0 saturated heterocycles. The molecule has 2 rings (SSSR count). The van der Waals surface area contributed by atoms with Crippen molar-refractivity contribution in [1.29, 1.82) is 10.8 Å². The van der Waals surface area contributed by atoms with Crippen LogP contribution in [0.5, 0.6) is 0 Å². The summed E-state index contributed by atoms with van der Waals surface area (Å²) in [6.45, 7) is 0. The van der Waals surface area contributed by atoms with Gasteiger partial charge in [0.15, 0.2) is 11.6 Å². The number of benzene rings is 1. The highest BCUT2D eigenvalue weighted by Gasteiger charge is 2.23. The molecule has 13 heavy (non-hydrogen) atoms. The molecular weight excluding hydrogens is 176 g/mol. The van der Waals surface area contributed by atoms with Crippen LogP contribution < -0.4 is 5.32 Å². The van der Waals surface area contributed by atoms with Crippen LogP contribution in [0.4, 0.5) is 8.78 Å². The number of rotatable bonds is 0. The fourth-order valence-electron chi connectivity index (χ4n) is 1.22. The van der Waals surface area contributed by atoms with Crippen molar-refractivity contribution in [3.05, 3.63) is 34.9 Å². The minimum atomic E-state index is -1.00. The minimum absolute atomic E-state index is 0.0705. The molecule has 0 amide bonds. The van der Waals surface area contributed by atoms with Crippen LogP contribution >= 0.6 is 0 Å². The lowest BCUT2D eigenvalue weighted by Crippen LogP contribution is -2.20. The van der Waals surface area contributed by atoms with E-state index < -0.39 is 11.6 Å². The number of hydrogen-bond acceptors (Lipinski definition) is 2. The summed E-state index contributed by atoms with van der Waals surface area (Å²) < 4.78 is 25.4. The highest BCUT2D eigenvalue weighted by atomic mass is 19.2. The molecule has 0 spiro atoms. The third-order valence-electron chi connectivity index (χ3n) is 1.85. The van der Waals surface area contributed by atoms with Gasteiger partial charge in [-0.25, -0.2) is 8.78 Å². The predicted octanol–water partition coefficient (Wildman–Crippen LogP) is 1.22. The number of fused-ring (bicyclic) bond motifs is 1. The van der Waals surface area contributed by atoms with E-state index in [0.29, 0.717) is 0 Å². The number of halogens is 2. The van der Waals surface area contributed by atoms with Crippen molar-refractivity contribution < 1.29 is 8.78 Å². The summed E-state index contributed by atoms with van der Waals surface area (Å²) in [6, 6.07) is 1.84. The van der Waals surface area contributed by atoms with Crippen molar-refractivity contribution in [2.24, 2.45) is 0 Å². The smallest absolute Gasteiger partial charge is 0.159 e. The molecule has 1 heterocycles. The van der Waals surface area contributed by atoms with Gasteiger partial charge in [-0.15, -0.1) is 0 Å². The minimum Gasteiger partial charge on any atom is -0.325 e. The molecule has 0 saturated carbocycles. The van der Waals surface area contributed by atoms with Crippen LogP contribution in [0.2, 0.25) is 0 Å². The summed E-state index contributed by atoms with van der Waals surface area (Å²) in [4.78, 5) is 0. The average molecular weight is 181 g/mol. The first-order valence-corrected chi connectivity index (χ1v) is 3.53. The Labute approximate surface area is 72.4 Å². The van der Waals surface area contributed by atoms with Gasteiger partial charge in [-0.3, -0.25) is 10.8 Å². The zero-order chi connectivity index (χ0) is 9.59. The molecule has 0 atom stereocenters. The Hall–Kier alpha value is -1.78. The van der Waals surface area contributed by atoms with E-state index in [1.54, 1.807) is 0 Å². The van der Waals surface area contributed by atoms with E-state index in [2.05, 4.69) is 5.32 Å². The Morgan fingerprint density at radius 1 is 0.923 bits per heavy atom. The van der Waals surface area contributed by atoms with Crippen LogP contribution in [0.25, 0.3) is 0 Å². The summed E-state index contributed by atoms with van der Waals surface area (Å²) in [5.74, 6) is -2.14. The monoisotopic (exact) mass is 181 g/mol. The topological polar surface area (TPSA) is 59.7 Å². The van der Waals surface area contributed by atoms with E-state index >= 15 is 0 Å². The maximum atomic E-state index is 12.7. The van der Waals surface area contributed by atoms with Crippen molar-refractivity contribution in [2.75, 3.05) is 0 Å². The van der Waals surface area contributed by atoms with Crippen molar-refractivity contribution in [2.45, 2.75) is 0 Å². The Kier molecular flexibility index (Phi) is 1.42. The van der Waals surface area contributed by atoms with Crippen LogP contribution in [0, 0.1) is 22.5 Å². The highest BCUT2D eigenvalue weighted by molar-refractivity contribution is 6.23. The standard InChI is InChI=1S/C8H5F2N3/c9-5-1-3-4(2-6(5)10)8(12)13-7(3)11/h1-2H,(H3,11,12,13). The van der Waals surface area contributed by atoms with Crippen LogP contribution in [-0.2, 0) is 0 Å². The maximum absolute atomic E-state index is 12.7. The molecule has 66 valence electrons. The van der Waals surface area contributed by atoms with Gasteiger partial charge in [0.1, 0.15) is 11.7 Å². The molecular formula is C8H5F2N3. The normalized spacial score (nSPS) is 14.3. The first-order chi connectivity index (χ1) is 6.09. The summed E-state index contributed by atoms with van der Waals surface area (Å²) in [5, 5.41) is 16.9. The first-order valence-electron chi connectivity index (χ1n) is 3.53. The summed E-state index contributed by atoms with van der Waals surface area (Å²) in [7, 11) is 0. The predicted molar refractivity (Wildman–Crippen MR) is 43.2 cm³/mol. The Bertz CT molecular complexity index is 387. The van der Waals surface area contributed by atoms with E-state index in [1.807, 2.05) is 0 Å². The van der Waals surface area contributed by atoms with Crippen LogP contribution in [0.3, 0.4) is 0 Å². The van der Waals surface area contributed by atoms with E-state index in [-0.39, 0.29) is 22.8 Å². The molecule has 0 aromatic heterocycles. The second kappa shape index (κ2) is 2.35. The van der Waals surface area contributed by atoms with Gasteiger partial charge in [0.25, 0.3) is 0 Å². The third kappa shape index (κ3) is 1.00. The molecule has 0 fully saturated rings. The van der Waals surface area contributed by atoms with Gasteiger partial charge in [0.05, 0.1) is 0 Å². The van der Waals surface area contributed by atoms with Gasteiger partial charge in [0, 0.05) is 11.1 Å². The molecule has 3 nitrogen and oxygen atoms in total. The van der Waals surface area contributed by atoms with Gasteiger partial charge in [0.2, 0.25) is 0 Å². The fourth-order valence-corrected chi connectivity index (χ4v) is 1.22. The molecule has 5 heteroatoms. The molecule has 1 aliphatic rings. The summed E-state index contributed by atoms with van der Waals surface area (Å²) >= 11 is 0. The maximum Gasteiger partial charge on any atom is 0.159 e. The van der Waals surface area contributed by atoms with Crippen LogP contribution in [-0.4, -0.2) is 11.7 Å². The second-order valence-electron chi connectivity index (χ2n) is 2.69. The second-order valence-corrected chi connectivity index (χ2v) is 2.69. The Morgan fingerprint density at radius 3 is 1.69 bits per heavy atom. The number of amidine groups is 2. The third-order valence-corrected chi connectivity index (χ3v) is 1.85. The number of nitrogens with one attached hydrogen (secondary N) is 3. The molecule has 0 bridgehead atoms. The Morgan fingerprint density at radius 2 is 1.31 bits per heavy atom. The van der Waals surface area contributed by atoms with E-state index in [4.69, 9.17) is 10.8 Å². The molecule has 3 N–H and O–H groups in total. The van der Waals surface area contributed by atoms with Gasteiger partial charge >= 0.3 is 0 Å². The van der Waals surface area contributed by atoms with Crippen molar-refractivity contribution >= 4 is 11.7 Å². The highest BCUT2D eigenvalue weighted by Crippen LogP contribution is 2.18. The summed E-state index contributed by atoms with van der Waals surface area (Å²) in [6.07, 6.45) is 0. The van der Waals surface area contributed by atoms with E-state index in [9.17, 15) is 8.78 Å². The number of hydrogen-bond donors (Lipinski definition) is 3. The summed E-state index contributed by atoms with van der Waals surface area (Å²) in [5.41, 5.74) is 0.452. The van der Waals surface area contributed by atoms with Crippen molar-refractivity contribution in [3.63, 3.8) is 0 Å². The fraction of sp³-hybridized carbons (Fsp3) is 0.